The number of hydrogen-bond acceptors (Lipinski definition) is 2. The summed E-state index contributed by atoms with van der Waals surface area (Å²) in [5, 5.41) is 6.60. The van der Waals surface area contributed by atoms with Crippen molar-refractivity contribution in [3.05, 3.63) is 29.8 Å². The van der Waals surface area contributed by atoms with Crippen LogP contribution in [-0.4, -0.2) is 31.7 Å². The van der Waals surface area contributed by atoms with Crippen LogP contribution in [0.25, 0.3) is 0 Å². The first-order chi connectivity index (χ1) is 10.7. The van der Waals surface area contributed by atoms with E-state index >= 15 is 0 Å². The molecule has 0 unspecified atom stereocenters. The molecule has 1 aliphatic rings. The number of nitrogens with zero attached hydrogens (tertiary/aromatic N) is 1. The number of guanidine groups is 1. The Labute approximate surface area is 130 Å². The van der Waals surface area contributed by atoms with Gasteiger partial charge in [-0.1, -0.05) is 12.8 Å². The van der Waals surface area contributed by atoms with Gasteiger partial charge in [-0.3, -0.25) is 0 Å². The number of rotatable bonds is 6. The fourth-order valence-corrected chi connectivity index (χ4v) is 2.47. The molecule has 1 aliphatic carbocycles. The minimum atomic E-state index is -0.905. The van der Waals surface area contributed by atoms with Crippen molar-refractivity contribution in [3.8, 4) is 5.75 Å². The molecule has 4 nitrogen and oxygen atoms in total. The van der Waals surface area contributed by atoms with Gasteiger partial charge in [0.1, 0.15) is 12.4 Å². The van der Waals surface area contributed by atoms with E-state index in [1.807, 2.05) is 6.92 Å². The van der Waals surface area contributed by atoms with Crippen molar-refractivity contribution in [3.63, 3.8) is 0 Å². The normalized spacial score (nSPS) is 15.9. The number of ether oxygens (including phenoxy) is 1. The largest absolute Gasteiger partial charge is 0.492 e. The molecule has 122 valence electrons. The van der Waals surface area contributed by atoms with Crippen LogP contribution in [0.1, 0.15) is 32.6 Å². The van der Waals surface area contributed by atoms with Crippen molar-refractivity contribution in [1.82, 2.24) is 10.6 Å². The maximum absolute atomic E-state index is 13.0. The molecule has 2 rings (SSSR count). The fraction of sp³-hybridized carbons (Fsp3) is 0.562. The van der Waals surface area contributed by atoms with Crippen LogP contribution in [0.2, 0.25) is 0 Å². The van der Waals surface area contributed by atoms with Gasteiger partial charge < -0.3 is 15.4 Å². The Hall–Kier alpha value is -1.85. The van der Waals surface area contributed by atoms with Gasteiger partial charge in [-0.25, -0.2) is 13.8 Å². The molecule has 0 atom stereocenters. The summed E-state index contributed by atoms with van der Waals surface area (Å²) in [7, 11) is 0. The molecule has 0 bridgehead atoms. The second kappa shape index (κ2) is 8.56. The zero-order valence-corrected chi connectivity index (χ0v) is 12.9. The van der Waals surface area contributed by atoms with Gasteiger partial charge in [0.05, 0.1) is 6.54 Å². The maximum Gasteiger partial charge on any atom is 0.191 e. The van der Waals surface area contributed by atoms with Crippen molar-refractivity contribution in [2.45, 2.75) is 38.6 Å². The Bertz CT molecular complexity index is 502. The number of aliphatic imine (C=N–C) groups is 1. The zero-order chi connectivity index (χ0) is 15.8. The molecular formula is C16H23F2N3O. The first kappa shape index (κ1) is 16.5. The van der Waals surface area contributed by atoms with Crippen LogP contribution in [0.3, 0.4) is 0 Å². The van der Waals surface area contributed by atoms with Gasteiger partial charge in [0.2, 0.25) is 0 Å². The van der Waals surface area contributed by atoms with Gasteiger partial charge in [-0.05, 0) is 31.9 Å². The van der Waals surface area contributed by atoms with Crippen LogP contribution in [0, 0.1) is 11.6 Å². The molecule has 22 heavy (non-hydrogen) atoms. The molecule has 1 aromatic rings. The summed E-state index contributed by atoms with van der Waals surface area (Å²) in [5.74, 6) is -0.691. The minimum absolute atomic E-state index is 0.308. The summed E-state index contributed by atoms with van der Waals surface area (Å²) in [5.41, 5.74) is 0. The lowest BCUT2D eigenvalue weighted by atomic mass is 10.2. The van der Waals surface area contributed by atoms with Crippen LogP contribution >= 0.6 is 0 Å². The van der Waals surface area contributed by atoms with E-state index in [0.717, 1.165) is 24.6 Å². The predicted octanol–water partition coefficient (Wildman–Crippen LogP) is 2.84. The smallest absolute Gasteiger partial charge is 0.191 e. The summed E-state index contributed by atoms with van der Waals surface area (Å²) in [6.45, 7) is 3.57. The van der Waals surface area contributed by atoms with Gasteiger partial charge in [-0.15, -0.1) is 0 Å². The van der Waals surface area contributed by atoms with Crippen molar-refractivity contribution in [2.75, 3.05) is 19.7 Å². The third-order valence-corrected chi connectivity index (χ3v) is 3.56. The zero-order valence-electron chi connectivity index (χ0n) is 12.9. The Morgan fingerprint density at radius 2 is 2.05 bits per heavy atom. The molecule has 0 aliphatic heterocycles. The third-order valence-electron chi connectivity index (χ3n) is 3.56. The lowest BCUT2D eigenvalue weighted by molar-refractivity contribution is 0.325. The average Bonchev–Trinajstić information content (AvgIpc) is 3.00. The van der Waals surface area contributed by atoms with Crippen molar-refractivity contribution < 1.29 is 13.5 Å². The lowest BCUT2D eigenvalue weighted by Gasteiger charge is -2.16. The van der Waals surface area contributed by atoms with Crippen LogP contribution in [0.4, 0.5) is 8.78 Å². The molecule has 6 heteroatoms. The van der Waals surface area contributed by atoms with Crippen molar-refractivity contribution in [1.29, 1.82) is 0 Å². The number of hydrogen-bond donors (Lipinski definition) is 2. The highest BCUT2D eigenvalue weighted by atomic mass is 19.2. The third kappa shape index (κ3) is 5.16. The van der Waals surface area contributed by atoms with Crippen LogP contribution < -0.4 is 15.4 Å². The molecule has 0 amide bonds. The topological polar surface area (TPSA) is 45.7 Å². The first-order valence-electron chi connectivity index (χ1n) is 7.81. The van der Waals surface area contributed by atoms with E-state index in [1.54, 1.807) is 0 Å². The Morgan fingerprint density at radius 3 is 2.73 bits per heavy atom. The molecule has 0 aromatic heterocycles. The highest BCUT2D eigenvalue weighted by molar-refractivity contribution is 5.80. The van der Waals surface area contributed by atoms with Gasteiger partial charge in [-0.2, -0.15) is 0 Å². The SMILES string of the molecule is CCNC(=NCCOc1ccc(F)c(F)c1)NC1CCCC1. The summed E-state index contributed by atoms with van der Waals surface area (Å²) in [6.07, 6.45) is 4.87. The summed E-state index contributed by atoms with van der Waals surface area (Å²) >= 11 is 0. The first-order valence-corrected chi connectivity index (χ1v) is 7.81. The lowest BCUT2D eigenvalue weighted by Crippen LogP contribution is -2.42. The molecule has 0 radical (unpaired) electrons. The Balaban J connectivity index is 1.78. The standard InChI is InChI=1S/C16H23F2N3O/c1-2-19-16(21-12-5-3-4-6-12)20-9-10-22-13-7-8-14(17)15(18)11-13/h7-8,11-12H,2-6,9-10H2,1H3,(H2,19,20,21). The molecule has 1 saturated carbocycles. The number of benzene rings is 1. The second-order valence-corrected chi connectivity index (χ2v) is 5.31. The minimum Gasteiger partial charge on any atom is -0.492 e. The van der Waals surface area contributed by atoms with E-state index in [1.165, 1.54) is 31.7 Å². The van der Waals surface area contributed by atoms with E-state index in [0.29, 0.717) is 24.9 Å². The van der Waals surface area contributed by atoms with E-state index in [2.05, 4.69) is 15.6 Å². The van der Waals surface area contributed by atoms with Gasteiger partial charge in [0.25, 0.3) is 0 Å². The number of halogens is 2. The van der Waals surface area contributed by atoms with Crippen LogP contribution in [-0.2, 0) is 0 Å². The van der Waals surface area contributed by atoms with E-state index < -0.39 is 11.6 Å². The highest BCUT2D eigenvalue weighted by Crippen LogP contribution is 2.17. The summed E-state index contributed by atoms with van der Waals surface area (Å²) < 4.78 is 31.2. The van der Waals surface area contributed by atoms with Crippen LogP contribution in [0.5, 0.6) is 5.75 Å². The quantitative estimate of drug-likeness (QED) is 0.482. The van der Waals surface area contributed by atoms with Gasteiger partial charge >= 0.3 is 0 Å². The maximum atomic E-state index is 13.0. The van der Waals surface area contributed by atoms with Crippen LogP contribution in [0.15, 0.2) is 23.2 Å². The highest BCUT2D eigenvalue weighted by Gasteiger charge is 2.15. The molecule has 0 spiro atoms. The van der Waals surface area contributed by atoms with Crippen molar-refractivity contribution in [2.24, 2.45) is 4.99 Å². The summed E-state index contributed by atoms with van der Waals surface area (Å²) in [6, 6.07) is 4.00. The average molecular weight is 311 g/mol. The fourth-order valence-electron chi connectivity index (χ4n) is 2.47. The molecule has 1 fully saturated rings. The number of nitrogens with one attached hydrogen (secondary N) is 2. The monoisotopic (exact) mass is 311 g/mol. The van der Waals surface area contributed by atoms with Crippen molar-refractivity contribution >= 4 is 5.96 Å². The second-order valence-electron chi connectivity index (χ2n) is 5.31. The Kier molecular flexibility index (Phi) is 6.43. The molecule has 2 N–H and O–H groups in total. The molecule has 0 heterocycles. The van der Waals surface area contributed by atoms with E-state index in [-0.39, 0.29) is 0 Å². The summed E-state index contributed by atoms with van der Waals surface area (Å²) in [4.78, 5) is 4.43. The predicted molar refractivity (Wildman–Crippen MR) is 83.2 cm³/mol. The molecule has 0 saturated heterocycles. The van der Waals surface area contributed by atoms with Gasteiger partial charge in [0, 0.05) is 18.7 Å². The van der Waals surface area contributed by atoms with E-state index in [4.69, 9.17) is 4.74 Å². The van der Waals surface area contributed by atoms with Gasteiger partial charge in [0.15, 0.2) is 17.6 Å². The molecular weight excluding hydrogens is 288 g/mol. The van der Waals surface area contributed by atoms with E-state index in [9.17, 15) is 8.78 Å². The Morgan fingerprint density at radius 1 is 1.27 bits per heavy atom. The molecule has 1 aromatic carbocycles.